The summed E-state index contributed by atoms with van der Waals surface area (Å²) in [6.07, 6.45) is 0. The number of fused-ring (bicyclic) bond motifs is 1. The van der Waals surface area contributed by atoms with Crippen LogP contribution in [0.25, 0.3) is 22.0 Å². The van der Waals surface area contributed by atoms with Crippen LogP contribution in [0.15, 0.2) is 36.4 Å². The Balaban J connectivity index is 2.47. The predicted molar refractivity (Wildman–Crippen MR) is 94.7 cm³/mol. The molecule has 3 rings (SSSR count). The number of hydrogen-bond acceptors (Lipinski definition) is 2. The number of benzene rings is 2. The lowest BCUT2D eigenvalue weighted by molar-refractivity contribution is 0.0958. The molecule has 3 nitrogen and oxygen atoms in total. The number of nitrogens with one attached hydrogen (secondary N) is 1. The molecule has 0 unspecified atom stereocenters. The molecule has 0 radical (unpaired) electrons. The van der Waals surface area contributed by atoms with Gasteiger partial charge in [-0.2, -0.15) is 0 Å². The van der Waals surface area contributed by atoms with E-state index in [1.54, 1.807) is 31.3 Å². The Labute approximate surface area is 140 Å². The SMILES string of the molecule is CNC(=O)c1cc(-c2ccccc2F)c2c(C)c(C)c(C)cc2n1. The molecule has 3 aromatic rings. The molecule has 0 fully saturated rings. The first-order chi connectivity index (χ1) is 11.4. The van der Waals surface area contributed by atoms with Gasteiger partial charge in [0.2, 0.25) is 0 Å². The highest BCUT2D eigenvalue weighted by atomic mass is 19.1. The van der Waals surface area contributed by atoms with Crippen LogP contribution in [0.5, 0.6) is 0 Å². The summed E-state index contributed by atoms with van der Waals surface area (Å²) in [6.45, 7) is 6.07. The molecule has 0 spiro atoms. The van der Waals surface area contributed by atoms with E-state index in [1.165, 1.54) is 6.07 Å². The van der Waals surface area contributed by atoms with Crippen molar-refractivity contribution in [3.8, 4) is 11.1 Å². The van der Waals surface area contributed by atoms with Crippen LogP contribution in [0.3, 0.4) is 0 Å². The zero-order valence-corrected chi connectivity index (χ0v) is 14.2. The van der Waals surface area contributed by atoms with Gasteiger partial charge in [0.1, 0.15) is 11.5 Å². The van der Waals surface area contributed by atoms with Crippen molar-refractivity contribution < 1.29 is 9.18 Å². The maximum Gasteiger partial charge on any atom is 0.269 e. The molecule has 0 saturated heterocycles. The highest BCUT2D eigenvalue weighted by Gasteiger charge is 2.17. The number of aromatic nitrogens is 1. The summed E-state index contributed by atoms with van der Waals surface area (Å²) >= 11 is 0. The molecule has 1 N–H and O–H groups in total. The van der Waals surface area contributed by atoms with Crippen LogP contribution in [-0.4, -0.2) is 17.9 Å². The van der Waals surface area contributed by atoms with Gasteiger partial charge in [-0.25, -0.2) is 9.37 Å². The zero-order chi connectivity index (χ0) is 17.4. The number of amides is 1. The van der Waals surface area contributed by atoms with E-state index in [2.05, 4.69) is 10.3 Å². The summed E-state index contributed by atoms with van der Waals surface area (Å²) in [5.74, 6) is -0.601. The van der Waals surface area contributed by atoms with Crippen LogP contribution < -0.4 is 5.32 Å². The fraction of sp³-hybridized carbons (Fsp3) is 0.200. The number of halogens is 1. The van der Waals surface area contributed by atoms with E-state index in [-0.39, 0.29) is 17.4 Å². The summed E-state index contributed by atoms with van der Waals surface area (Å²) in [4.78, 5) is 16.6. The first-order valence-corrected chi connectivity index (χ1v) is 7.82. The minimum atomic E-state index is -0.314. The lowest BCUT2D eigenvalue weighted by Gasteiger charge is -2.15. The molecule has 0 saturated carbocycles. The zero-order valence-electron chi connectivity index (χ0n) is 14.2. The van der Waals surface area contributed by atoms with Crippen LogP contribution in [0.2, 0.25) is 0 Å². The highest BCUT2D eigenvalue weighted by Crippen LogP contribution is 2.34. The molecule has 0 aliphatic carbocycles. The van der Waals surface area contributed by atoms with Crippen LogP contribution in [0, 0.1) is 26.6 Å². The fourth-order valence-corrected chi connectivity index (χ4v) is 3.00. The van der Waals surface area contributed by atoms with Crippen molar-refractivity contribution in [1.29, 1.82) is 0 Å². The number of nitrogens with zero attached hydrogens (tertiary/aromatic N) is 1. The summed E-state index contributed by atoms with van der Waals surface area (Å²) in [5, 5.41) is 3.47. The van der Waals surface area contributed by atoms with Gasteiger partial charge in [-0.15, -0.1) is 0 Å². The summed E-state index contributed by atoms with van der Waals surface area (Å²) in [5.41, 5.74) is 5.45. The van der Waals surface area contributed by atoms with Crippen molar-refractivity contribution in [3.05, 3.63) is 64.6 Å². The number of hydrogen-bond donors (Lipinski definition) is 1. The number of carbonyl (C=O) groups is 1. The fourth-order valence-electron chi connectivity index (χ4n) is 3.00. The van der Waals surface area contributed by atoms with Crippen LogP contribution in [0.1, 0.15) is 27.2 Å². The summed E-state index contributed by atoms with van der Waals surface area (Å²) in [7, 11) is 1.56. The third-order valence-electron chi connectivity index (χ3n) is 4.55. The van der Waals surface area contributed by atoms with E-state index in [1.807, 2.05) is 26.8 Å². The molecule has 0 atom stereocenters. The van der Waals surface area contributed by atoms with Crippen molar-refractivity contribution >= 4 is 16.8 Å². The van der Waals surface area contributed by atoms with Crippen molar-refractivity contribution in [2.75, 3.05) is 7.05 Å². The number of carbonyl (C=O) groups excluding carboxylic acids is 1. The molecule has 2 aromatic carbocycles. The first-order valence-electron chi connectivity index (χ1n) is 7.82. The van der Waals surface area contributed by atoms with Gasteiger partial charge < -0.3 is 5.32 Å². The van der Waals surface area contributed by atoms with Gasteiger partial charge >= 0.3 is 0 Å². The quantitative estimate of drug-likeness (QED) is 0.763. The summed E-state index contributed by atoms with van der Waals surface area (Å²) < 4.78 is 14.4. The second-order valence-electron chi connectivity index (χ2n) is 5.95. The van der Waals surface area contributed by atoms with Gasteiger partial charge in [0.25, 0.3) is 5.91 Å². The van der Waals surface area contributed by atoms with Crippen LogP contribution >= 0.6 is 0 Å². The maximum absolute atomic E-state index is 14.4. The molecule has 0 bridgehead atoms. The third kappa shape index (κ3) is 2.54. The van der Waals surface area contributed by atoms with Gasteiger partial charge in [0.05, 0.1) is 5.52 Å². The molecular weight excluding hydrogens is 303 g/mol. The summed E-state index contributed by atoms with van der Waals surface area (Å²) in [6, 6.07) is 10.2. The number of aryl methyl sites for hydroxylation is 2. The van der Waals surface area contributed by atoms with Crippen molar-refractivity contribution in [1.82, 2.24) is 10.3 Å². The average molecular weight is 322 g/mol. The van der Waals surface area contributed by atoms with Crippen molar-refractivity contribution in [2.24, 2.45) is 0 Å². The third-order valence-corrected chi connectivity index (χ3v) is 4.55. The van der Waals surface area contributed by atoms with Crippen LogP contribution in [0.4, 0.5) is 4.39 Å². The van der Waals surface area contributed by atoms with Crippen molar-refractivity contribution in [2.45, 2.75) is 20.8 Å². The second kappa shape index (κ2) is 6.04. The smallest absolute Gasteiger partial charge is 0.269 e. The van der Waals surface area contributed by atoms with Crippen molar-refractivity contribution in [3.63, 3.8) is 0 Å². The Hall–Kier alpha value is -2.75. The normalized spacial score (nSPS) is 10.9. The molecule has 0 aliphatic heterocycles. The molecule has 122 valence electrons. The standard InChI is InChI=1S/C20H19FN2O/c1-11-9-17-19(13(3)12(11)2)15(10-18(23-17)20(24)22-4)14-7-5-6-8-16(14)21/h5-10H,1-4H3,(H,22,24). The minimum Gasteiger partial charge on any atom is -0.354 e. The van der Waals surface area contributed by atoms with E-state index < -0.39 is 0 Å². The average Bonchev–Trinajstić information content (AvgIpc) is 2.58. The molecule has 1 amide bonds. The Morgan fingerprint density at radius 1 is 1.04 bits per heavy atom. The number of pyridine rings is 1. The minimum absolute atomic E-state index is 0.283. The van der Waals surface area contributed by atoms with Gasteiger partial charge in [0, 0.05) is 18.0 Å². The van der Waals surface area contributed by atoms with Gasteiger partial charge in [-0.1, -0.05) is 18.2 Å². The molecule has 1 heterocycles. The molecule has 24 heavy (non-hydrogen) atoms. The Morgan fingerprint density at radius 3 is 2.42 bits per heavy atom. The largest absolute Gasteiger partial charge is 0.354 e. The molecular formula is C20H19FN2O. The van der Waals surface area contributed by atoms with E-state index in [0.29, 0.717) is 16.6 Å². The van der Waals surface area contributed by atoms with E-state index in [9.17, 15) is 9.18 Å². The molecule has 1 aromatic heterocycles. The number of rotatable bonds is 2. The van der Waals surface area contributed by atoms with Gasteiger partial charge in [-0.05, 0) is 61.2 Å². The molecule has 4 heteroatoms. The van der Waals surface area contributed by atoms with E-state index in [4.69, 9.17) is 0 Å². The van der Waals surface area contributed by atoms with Gasteiger partial charge in [-0.3, -0.25) is 4.79 Å². The lowest BCUT2D eigenvalue weighted by atomic mass is 9.92. The Kier molecular flexibility index (Phi) is 4.06. The predicted octanol–water partition coefficient (Wildman–Crippen LogP) is 4.33. The topological polar surface area (TPSA) is 42.0 Å². The van der Waals surface area contributed by atoms with Gasteiger partial charge in [0.15, 0.2) is 0 Å². The first kappa shape index (κ1) is 16.1. The molecule has 0 aliphatic rings. The lowest BCUT2D eigenvalue weighted by Crippen LogP contribution is -2.19. The van der Waals surface area contributed by atoms with E-state index >= 15 is 0 Å². The Bertz CT molecular complexity index is 964. The second-order valence-corrected chi connectivity index (χ2v) is 5.95. The Morgan fingerprint density at radius 2 is 1.75 bits per heavy atom. The maximum atomic E-state index is 14.4. The highest BCUT2D eigenvalue weighted by molar-refractivity contribution is 6.03. The van der Waals surface area contributed by atoms with E-state index in [0.717, 1.165) is 22.1 Å². The van der Waals surface area contributed by atoms with Crippen LogP contribution in [-0.2, 0) is 0 Å². The monoisotopic (exact) mass is 322 g/mol.